The molecule has 0 spiro atoms. The number of anilines is 4. The van der Waals surface area contributed by atoms with Gasteiger partial charge in [-0.15, -0.1) is 0 Å². The largest absolute Gasteiger partial charge is 0.497 e. The zero-order valence-electron chi connectivity index (χ0n) is 15.1. The summed E-state index contributed by atoms with van der Waals surface area (Å²) in [4.78, 5) is 8.55. The lowest BCUT2D eigenvalue weighted by atomic mass is 10.1. The molecule has 0 radical (unpaired) electrons. The summed E-state index contributed by atoms with van der Waals surface area (Å²) in [6.07, 6.45) is 2.53. The average molecular weight is 350 g/mol. The molecule has 0 amide bonds. The molecule has 0 unspecified atom stereocenters. The van der Waals surface area contributed by atoms with Gasteiger partial charge in [-0.1, -0.05) is 19.1 Å². The quantitative estimate of drug-likeness (QED) is 0.652. The molecule has 3 aromatic rings. The van der Waals surface area contributed by atoms with Gasteiger partial charge >= 0.3 is 0 Å². The van der Waals surface area contributed by atoms with Crippen LogP contribution in [-0.2, 0) is 6.42 Å². The fourth-order valence-electron chi connectivity index (χ4n) is 2.51. The normalized spacial score (nSPS) is 10.3. The van der Waals surface area contributed by atoms with E-state index < -0.39 is 0 Å². The summed E-state index contributed by atoms with van der Waals surface area (Å²) in [6, 6.07) is 15.7. The van der Waals surface area contributed by atoms with E-state index in [0.717, 1.165) is 23.5 Å². The van der Waals surface area contributed by atoms with Crippen molar-refractivity contribution >= 4 is 23.0 Å². The summed E-state index contributed by atoms with van der Waals surface area (Å²) in [5, 5.41) is 6.53. The molecule has 0 aliphatic heterocycles. The Morgan fingerprint density at radius 3 is 2.23 bits per heavy atom. The van der Waals surface area contributed by atoms with Crippen LogP contribution in [0.5, 0.6) is 11.5 Å². The lowest BCUT2D eigenvalue weighted by molar-refractivity contribution is 0.395. The van der Waals surface area contributed by atoms with Crippen molar-refractivity contribution < 1.29 is 9.47 Å². The lowest BCUT2D eigenvalue weighted by Crippen LogP contribution is -2.00. The van der Waals surface area contributed by atoms with E-state index in [1.165, 1.54) is 11.9 Å². The van der Waals surface area contributed by atoms with Crippen molar-refractivity contribution in [1.82, 2.24) is 9.97 Å². The van der Waals surface area contributed by atoms with Crippen LogP contribution in [0.4, 0.5) is 23.0 Å². The zero-order valence-corrected chi connectivity index (χ0v) is 15.1. The summed E-state index contributed by atoms with van der Waals surface area (Å²) in [5.74, 6) is 2.77. The van der Waals surface area contributed by atoms with Crippen LogP contribution in [0.15, 0.2) is 54.9 Å². The predicted molar refractivity (Wildman–Crippen MR) is 104 cm³/mol. The van der Waals surface area contributed by atoms with E-state index in [4.69, 9.17) is 9.47 Å². The minimum absolute atomic E-state index is 0.663. The lowest BCUT2D eigenvalue weighted by Gasteiger charge is -2.13. The smallest absolute Gasteiger partial charge is 0.146 e. The molecule has 1 heterocycles. The average Bonchev–Trinajstić information content (AvgIpc) is 2.69. The van der Waals surface area contributed by atoms with Crippen molar-refractivity contribution in [3.8, 4) is 11.5 Å². The monoisotopic (exact) mass is 350 g/mol. The van der Waals surface area contributed by atoms with Crippen LogP contribution in [0.1, 0.15) is 12.5 Å². The van der Waals surface area contributed by atoms with Gasteiger partial charge in [-0.2, -0.15) is 0 Å². The molecule has 0 atom stereocenters. The number of rotatable bonds is 7. The van der Waals surface area contributed by atoms with Gasteiger partial charge in [0.05, 0.1) is 19.9 Å². The fourth-order valence-corrected chi connectivity index (χ4v) is 2.51. The topological polar surface area (TPSA) is 68.3 Å². The highest BCUT2D eigenvalue weighted by molar-refractivity contribution is 5.68. The van der Waals surface area contributed by atoms with Crippen molar-refractivity contribution in [2.75, 3.05) is 24.9 Å². The van der Waals surface area contributed by atoms with E-state index in [1.807, 2.05) is 36.4 Å². The van der Waals surface area contributed by atoms with Gasteiger partial charge in [-0.05, 0) is 36.2 Å². The second-order valence-electron chi connectivity index (χ2n) is 5.66. The molecule has 2 N–H and O–H groups in total. The minimum atomic E-state index is 0.663. The van der Waals surface area contributed by atoms with E-state index >= 15 is 0 Å². The van der Waals surface area contributed by atoms with Gasteiger partial charge in [0.2, 0.25) is 0 Å². The maximum atomic E-state index is 5.41. The van der Waals surface area contributed by atoms with Crippen LogP contribution >= 0.6 is 0 Å². The van der Waals surface area contributed by atoms with Gasteiger partial charge in [-0.3, -0.25) is 0 Å². The maximum absolute atomic E-state index is 5.41. The number of ether oxygens (including phenoxy) is 2. The van der Waals surface area contributed by atoms with Crippen molar-refractivity contribution in [3.05, 3.63) is 60.4 Å². The van der Waals surface area contributed by atoms with Crippen LogP contribution in [-0.4, -0.2) is 24.2 Å². The van der Waals surface area contributed by atoms with Gasteiger partial charge in [-0.25, -0.2) is 9.97 Å². The Bertz CT molecular complexity index is 866. The Balaban J connectivity index is 1.76. The Morgan fingerprint density at radius 1 is 0.846 bits per heavy atom. The first-order valence-electron chi connectivity index (χ1n) is 8.39. The van der Waals surface area contributed by atoms with Crippen LogP contribution in [0.3, 0.4) is 0 Å². The number of hydrogen-bond donors (Lipinski definition) is 2. The number of aryl methyl sites for hydroxylation is 1. The summed E-state index contributed by atoms with van der Waals surface area (Å²) < 4.78 is 10.6. The van der Waals surface area contributed by atoms with Gasteiger partial charge in [0.25, 0.3) is 0 Å². The highest BCUT2D eigenvalue weighted by Crippen LogP contribution is 2.31. The van der Waals surface area contributed by atoms with Crippen LogP contribution in [0.25, 0.3) is 0 Å². The third-order valence-electron chi connectivity index (χ3n) is 3.97. The Morgan fingerprint density at radius 2 is 1.58 bits per heavy atom. The molecule has 6 nitrogen and oxygen atoms in total. The molecule has 0 aliphatic carbocycles. The van der Waals surface area contributed by atoms with E-state index in [9.17, 15) is 0 Å². The highest BCUT2D eigenvalue weighted by Gasteiger charge is 2.07. The molecule has 0 saturated carbocycles. The molecular formula is C20H22N4O2. The van der Waals surface area contributed by atoms with Crippen LogP contribution < -0.4 is 20.1 Å². The van der Waals surface area contributed by atoms with Crippen LogP contribution in [0, 0.1) is 0 Å². The van der Waals surface area contributed by atoms with E-state index in [-0.39, 0.29) is 0 Å². The molecule has 6 heteroatoms. The summed E-state index contributed by atoms with van der Waals surface area (Å²) in [7, 11) is 3.24. The second kappa shape index (κ2) is 8.20. The molecule has 1 aromatic heterocycles. The summed E-state index contributed by atoms with van der Waals surface area (Å²) in [6.45, 7) is 2.14. The van der Waals surface area contributed by atoms with Crippen LogP contribution in [0.2, 0.25) is 0 Å². The minimum Gasteiger partial charge on any atom is -0.497 e. The van der Waals surface area contributed by atoms with Gasteiger partial charge < -0.3 is 20.1 Å². The Hall–Kier alpha value is -3.28. The Kier molecular flexibility index (Phi) is 5.53. The second-order valence-corrected chi connectivity index (χ2v) is 5.66. The van der Waals surface area contributed by atoms with Gasteiger partial charge in [0.1, 0.15) is 29.5 Å². The molecular weight excluding hydrogens is 328 g/mol. The number of methoxy groups -OCH3 is 2. The van der Waals surface area contributed by atoms with E-state index in [1.54, 1.807) is 14.2 Å². The molecule has 2 aromatic carbocycles. The standard InChI is InChI=1S/C20H22N4O2/c1-4-14-5-7-15(8-6-14)23-19-12-20(22-13-21-19)24-17-10-9-16(25-2)11-18(17)26-3/h5-13H,4H2,1-3H3,(H2,21,22,23,24). The highest BCUT2D eigenvalue weighted by atomic mass is 16.5. The fraction of sp³-hybridized carbons (Fsp3) is 0.200. The zero-order chi connectivity index (χ0) is 18.4. The SMILES string of the molecule is CCc1ccc(Nc2cc(Nc3ccc(OC)cc3OC)ncn2)cc1. The van der Waals surface area contributed by atoms with E-state index in [2.05, 4.69) is 39.7 Å². The maximum Gasteiger partial charge on any atom is 0.146 e. The molecule has 0 aliphatic rings. The third kappa shape index (κ3) is 4.22. The summed E-state index contributed by atoms with van der Waals surface area (Å²) in [5.41, 5.74) is 3.08. The first-order valence-corrected chi connectivity index (χ1v) is 8.39. The molecule has 0 bridgehead atoms. The molecule has 0 saturated heterocycles. The number of aromatic nitrogens is 2. The number of benzene rings is 2. The number of hydrogen-bond acceptors (Lipinski definition) is 6. The van der Waals surface area contributed by atoms with Crippen molar-refractivity contribution in [3.63, 3.8) is 0 Å². The molecule has 134 valence electrons. The van der Waals surface area contributed by atoms with Crippen molar-refractivity contribution in [2.24, 2.45) is 0 Å². The predicted octanol–water partition coefficient (Wildman–Crippen LogP) is 4.54. The van der Waals surface area contributed by atoms with Crippen molar-refractivity contribution in [1.29, 1.82) is 0 Å². The first kappa shape index (κ1) is 17.5. The third-order valence-corrected chi connectivity index (χ3v) is 3.97. The first-order chi connectivity index (χ1) is 12.7. The van der Waals surface area contributed by atoms with Gasteiger partial charge in [0.15, 0.2) is 0 Å². The number of nitrogens with one attached hydrogen (secondary N) is 2. The summed E-state index contributed by atoms with van der Waals surface area (Å²) >= 11 is 0. The Labute approximate surface area is 153 Å². The van der Waals surface area contributed by atoms with Crippen molar-refractivity contribution in [2.45, 2.75) is 13.3 Å². The molecule has 26 heavy (non-hydrogen) atoms. The van der Waals surface area contributed by atoms with Gasteiger partial charge in [0, 0.05) is 17.8 Å². The number of nitrogens with zero attached hydrogens (tertiary/aromatic N) is 2. The molecule has 3 rings (SSSR count). The van der Waals surface area contributed by atoms with E-state index in [0.29, 0.717) is 17.4 Å². The molecule has 0 fully saturated rings.